The molecule has 5 unspecified atom stereocenters. The lowest BCUT2D eigenvalue weighted by Crippen LogP contribution is -2.60. The van der Waals surface area contributed by atoms with Crippen LogP contribution in [0.1, 0.15) is 0 Å². The SMILES string of the molecule is O=c1c(OC2OC(CO)C(O)C(O)C2O)c(-c2cc(O)c(O)c(O)c2)oc2cc(O)ccc12. The summed E-state index contributed by atoms with van der Waals surface area (Å²) in [6, 6.07) is 5.52. The van der Waals surface area contributed by atoms with E-state index in [1.54, 1.807) is 0 Å². The number of hydrogen-bond donors (Lipinski definition) is 8. The molecule has 2 aromatic carbocycles. The maximum atomic E-state index is 13.2. The molecule has 1 aliphatic heterocycles. The number of ether oxygens (including phenoxy) is 2. The highest BCUT2D eigenvalue weighted by atomic mass is 16.7. The van der Waals surface area contributed by atoms with E-state index in [4.69, 9.17) is 13.9 Å². The molecule has 1 fully saturated rings. The molecule has 0 bridgehead atoms. The summed E-state index contributed by atoms with van der Waals surface area (Å²) in [7, 11) is 0. The van der Waals surface area contributed by atoms with Gasteiger partial charge in [-0.3, -0.25) is 4.79 Å². The summed E-state index contributed by atoms with van der Waals surface area (Å²) in [5.41, 5.74) is -1.04. The predicted octanol–water partition coefficient (Wildman–Crippen LogP) is -0.539. The summed E-state index contributed by atoms with van der Waals surface area (Å²) in [5.74, 6) is -3.51. The summed E-state index contributed by atoms with van der Waals surface area (Å²) >= 11 is 0. The Bertz CT molecular complexity index is 1230. The van der Waals surface area contributed by atoms with Crippen LogP contribution in [0.4, 0.5) is 0 Å². The maximum Gasteiger partial charge on any atom is 0.235 e. The van der Waals surface area contributed by atoms with Crippen molar-refractivity contribution in [3.05, 3.63) is 40.6 Å². The highest BCUT2D eigenvalue weighted by Gasteiger charge is 2.45. The number of fused-ring (bicyclic) bond motifs is 1. The maximum absolute atomic E-state index is 13.2. The van der Waals surface area contributed by atoms with Gasteiger partial charge in [-0.1, -0.05) is 0 Å². The van der Waals surface area contributed by atoms with Crippen LogP contribution in [0.5, 0.6) is 28.7 Å². The Morgan fingerprint density at radius 3 is 2.21 bits per heavy atom. The first-order valence-electron chi connectivity index (χ1n) is 9.64. The van der Waals surface area contributed by atoms with Crippen LogP contribution in [-0.4, -0.2) is 78.2 Å². The number of aromatic hydroxyl groups is 4. The van der Waals surface area contributed by atoms with Crippen molar-refractivity contribution < 1.29 is 54.7 Å². The number of hydrogen-bond acceptors (Lipinski definition) is 12. The van der Waals surface area contributed by atoms with Crippen LogP contribution in [-0.2, 0) is 4.74 Å². The summed E-state index contributed by atoms with van der Waals surface area (Å²) in [4.78, 5) is 13.2. The largest absolute Gasteiger partial charge is 0.508 e. The van der Waals surface area contributed by atoms with Gasteiger partial charge in [-0.2, -0.15) is 0 Å². The van der Waals surface area contributed by atoms with E-state index in [9.17, 15) is 45.6 Å². The number of phenolic OH excluding ortho intramolecular Hbond substituents is 4. The van der Waals surface area contributed by atoms with Crippen molar-refractivity contribution in [2.45, 2.75) is 30.7 Å². The van der Waals surface area contributed by atoms with Crippen LogP contribution in [0, 0.1) is 0 Å². The minimum Gasteiger partial charge on any atom is -0.508 e. The van der Waals surface area contributed by atoms with Crippen molar-refractivity contribution in [3.63, 3.8) is 0 Å². The van der Waals surface area contributed by atoms with E-state index in [-0.39, 0.29) is 28.0 Å². The number of aliphatic hydroxyl groups excluding tert-OH is 4. The van der Waals surface area contributed by atoms with Crippen molar-refractivity contribution >= 4 is 11.0 Å². The topological polar surface area (TPSA) is 211 Å². The van der Waals surface area contributed by atoms with Gasteiger partial charge in [-0.05, 0) is 24.3 Å². The standard InChI is InChI=1S/C21H20O12/c22-6-13-16(28)17(29)18(30)21(32-13)33-20-14(26)9-2-1-8(23)5-12(9)31-19(20)7-3-10(24)15(27)11(25)4-7/h1-5,13,16-18,21-25,27-30H,6H2. The van der Waals surface area contributed by atoms with E-state index >= 15 is 0 Å². The Balaban J connectivity index is 1.90. The van der Waals surface area contributed by atoms with Gasteiger partial charge < -0.3 is 54.7 Å². The molecule has 12 nitrogen and oxygen atoms in total. The molecule has 0 aliphatic carbocycles. The third-order valence-electron chi connectivity index (χ3n) is 5.25. The highest BCUT2D eigenvalue weighted by molar-refractivity contribution is 5.83. The van der Waals surface area contributed by atoms with Gasteiger partial charge in [0.05, 0.1) is 12.0 Å². The molecule has 4 rings (SSSR count). The number of benzene rings is 2. The second kappa shape index (κ2) is 8.42. The average molecular weight is 464 g/mol. The fraction of sp³-hybridized carbons (Fsp3) is 0.286. The van der Waals surface area contributed by atoms with E-state index in [1.165, 1.54) is 12.1 Å². The minimum absolute atomic E-state index is 0.0524. The van der Waals surface area contributed by atoms with Gasteiger partial charge in [0.15, 0.2) is 23.0 Å². The third kappa shape index (κ3) is 3.90. The Morgan fingerprint density at radius 2 is 1.58 bits per heavy atom. The van der Waals surface area contributed by atoms with Crippen LogP contribution in [0.25, 0.3) is 22.3 Å². The van der Waals surface area contributed by atoms with Crippen LogP contribution in [0.3, 0.4) is 0 Å². The molecule has 176 valence electrons. The first kappa shape index (κ1) is 22.6. The molecule has 2 heterocycles. The van der Waals surface area contributed by atoms with Gasteiger partial charge in [0.25, 0.3) is 0 Å². The van der Waals surface area contributed by atoms with Gasteiger partial charge in [0.1, 0.15) is 35.7 Å². The van der Waals surface area contributed by atoms with E-state index in [1.807, 2.05) is 0 Å². The molecular weight excluding hydrogens is 444 g/mol. The smallest absolute Gasteiger partial charge is 0.235 e. The van der Waals surface area contributed by atoms with Crippen LogP contribution in [0.2, 0.25) is 0 Å². The van der Waals surface area contributed by atoms with Crippen LogP contribution >= 0.6 is 0 Å². The predicted molar refractivity (Wildman–Crippen MR) is 109 cm³/mol. The van der Waals surface area contributed by atoms with Crippen LogP contribution in [0.15, 0.2) is 39.5 Å². The minimum atomic E-state index is -1.84. The van der Waals surface area contributed by atoms with E-state index in [0.29, 0.717) is 0 Å². The molecular formula is C21H20O12. The molecule has 1 aliphatic rings. The molecule has 0 spiro atoms. The van der Waals surface area contributed by atoms with Crippen molar-refractivity contribution in [3.8, 4) is 40.1 Å². The summed E-state index contributed by atoms with van der Waals surface area (Å²) in [5, 5.41) is 78.7. The summed E-state index contributed by atoms with van der Waals surface area (Å²) in [6.45, 7) is -0.733. The van der Waals surface area contributed by atoms with Gasteiger partial charge >= 0.3 is 0 Å². The lowest BCUT2D eigenvalue weighted by molar-refractivity contribution is -0.277. The first-order valence-corrected chi connectivity index (χ1v) is 9.64. The van der Waals surface area contributed by atoms with E-state index in [0.717, 1.165) is 18.2 Å². The molecule has 33 heavy (non-hydrogen) atoms. The molecule has 0 radical (unpaired) electrons. The third-order valence-corrected chi connectivity index (χ3v) is 5.25. The van der Waals surface area contributed by atoms with Crippen molar-refractivity contribution in [1.29, 1.82) is 0 Å². The Morgan fingerprint density at radius 1 is 0.909 bits per heavy atom. The van der Waals surface area contributed by atoms with Gasteiger partial charge in [-0.25, -0.2) is 0 Å². The molecule has 0 saturated carbocycles. The quantitative estimate of drug-likeness (QED) is 0.229. The molecule has 12 heteroatoms. The zero-order valence-corrected chi connectivity index (χ0v) is 16.7. The zero-order chi connectivity index (χ0) is 24.0. The Labute approximate surface area is 184 Å². The normalized spacial score (nSPS) is 25.3. The molecule has 5 atom stereocenters. The lowest BCUT2D eigenvalue weighted by atomic mass is 9.99. The van der Waals surface area contributed by atoms with E-state index < -0.39 is 65.7 Å². The molecule has 1 aromatic heterocycles. The molecule has 0 amide bonds. The van der Waals surface area contributed by atoms with Crippen molar-refractivity contribution in [1.82, 2.24) is 0 Å². The Hall–Kier alpha value is -3.55. The summed E-state index contributed by atoms with van der Waals surface area (Å²) in [6.07, 6.45) is -8.34. The fourth-order valence-corrected chi connectivity index (χ4v) is 3.48. The molecule has 8 N–H and O–H groups in total. The number of phenols is 4. The van der Waals surface area contributed by atoms with Crippen molar-refractivity contribution in [2.24, 2.45) is 0 Å². The second-order valence-corrected chi connectivity index (χ2v) is 7.45. The molecule has 3 aromatic rings. The van der Waals surface area contributed by atoms with Crippen molar-refractivity contribution in [2.75, 3.05) is 6.61 Å². The molecule has 1 saturated heterocycles. The van der Waals surface area contributed by atoms with Gasteiger partial charge in [-0.15, -0.1) is 0 Å². The van der Waals surface area contributed by atoms with Gasteiger partial charge in [0, 0.05) is 11.6 Å². The first-order chi connectivity index (χ1) is 15.6. The lowest BCUT2D eigenvalue weighted by Gasteiger charge is -2.39. The van der Waals surface area contributed by atoms with Gasteiger partial charge in [0.2, 0.25) is 17.5 Å². The van der Waals surface area contributed by atoms with E-state index in [2.05, 4.69) is 0 Å². The fourth-order valence-electron chi connectivity index (χ4n) is 3.48. The average Bonchev–Trinajstić information content (AvgIpc) is 2.78. The second-order valence-electron chi connectivity index (χ2n) is 7.45. The monoisotopic (exact) mass is 464 g/mol. The number of rotatable bonds is 4. The number of aliphatic hydroxyl groups is 4. The Kier molecular flexibility index (Phi) is 5.78. The van der Waals surface area contributed by atoms with Crippen LogP contribution < -0.4 is 10.2 Å². The summed E-state index contributed by atoms with van der Waals surface area (Å²) < 4.78 is 16.5. The zero-order valence-electron chi connectivity index (χ0n) is 16.7. The highest BCUT2D eigenvalue weighted by Crippen LogP contribution is 2.42.